The van der Waals surface area contributed by atoms with Crippen molar-refractivity contribution >= 4 is 0 Å². The van der Waals surface area contributed by atoms with Gasteiger partial charge in [-0.3, -0.25) is 0 Å². The number of nitrogens with zero attached hydrogens (tertiary/aromatic N) is 4. The molecule has 0 spiro atoms. The van der Waals surface area contributed by atoms with Crippen molar-refractivity contribution in [3.63, 3.8) is 0 Å². The van der Waals surface area contributed by atoms with Gasteiger partial charge >= 0.3 is 0 Å². The molecule has 0 rings (SSSR count). The summed E-state index contributed by atoms with van der Waals surface area (Å²) < 4.78 is 0. The Kier molecular flexibility index (Phi) is 12.3. The van der Waals surface area contributed by atoms with E-state index >= 15 is 0 Å². The molecule has 80 valence electrons. The Hall–Kier alpha value is -2.60. The van der Waals surface area contributed by atoms with Crippen LogP contribution in [0.4, 0.5) is 0 Å². The van der Waals surface area contributed by atoms with Crippen molar-refractivity contribution in [1.82, 2.24) is 5.32 Å². The minimum Gasteiger partial charge on any atom is -0.323 e. The summed E-state index contributed by atoms with van der Waals surface area (Å²) in [5.41, 5.74) is -0.0640. The van der Waals surface area contributed by atoms with E-state index in [0.717, 1.165) is 0 Å². The average molecular weight is 213 g/mol. The quantitative estimate of drug-likeness (QED) is 0.544. The Balaban J connectivity index is 0. The van der Waals surface area contributed by atoms with Gasteiger partial charge in [0, 0.05) is 0 Å². The van der Waals surface area contributed by atoms with E-state index in [2.05, 4.69) is 5.32 Å². The fourth-order valence-corrected chi connectivity index (χ4v) is 0.477. The molecule has 0 fully saturated rings. The SMILES string of the molecule is CNC.N#CC(C#N)=C/C=C/C(C#N)C#N. The molecule has 0 saturated carbocycles. The highest BCUT2D eigenvalue weighted by atomic mass is 14.7. The lowest BCUT2D eigenvalue weighted by atomic mass is 10.2. The van der Waals surface area contributed by atoms with Crippen molar-refractivity contribution in [2.24, 2.45) is 5.92 Å². The van der Waals surface area contributed by atoms with Gasteiger partial charge in [0.1, 0.15) is 17.7 Å². The Bertz CT molecular complexity index is 376. The van der Waals surface area contributed by atoms with Crippen LogP contribution in [0.1, 0.15) is 0 Å². The van der Waals surface area contributed by atoms with Gasteiger partial charge in [0.25, 0.3) is 0 Å². The molecule has 0 aliphatic carbocycles. The second-order valence-corrected chi connectivity index (χ2v) is 2.42. The number of hydrogen-bond donors (Lipinski definition) is 1. The summed E-state index contributed by atoms with van der Waals surface area (Å²) in [6.07, 6.45) is 3.91. The predicted octanol–water partition coefficient (Wildman–Crippen LogP) is 1.02. The maximum absolute atomic E-state index is 8.33. The third-order valence-electron chi connectivity index (χ3n) is 1.09. The molecule has 0 bridgehead atoms. The lowest BCUT2D eigenvalue weighted by Crippen LogP contribution is -1.89. The fraction of sp³-hybridized carbons (Fsp3) is 0.273. The highest BCUT2D eigenvalue weighted by Gasteiger charge is 1.96. The van der Waals surface area contributed by atoms with E-state index in [4.69, 9.17) is 21.0 Å². The first kappa shape index (κ1) is 15.9. The molecule has 0 amide bonds. The van der Waals surface area contributed by atoms with Crippen LogP contribution >= 0.6 is 0 Å². The minimum absolute atomic E-state index is 0.0640. The largest absolute Gasteiger partial charge is 0.323 e. The van der Waals surface area contributed by atoms with Gasteiger partial charge in [0.05, 0.1) is 12.1 Å². The first-order valence-corrected chi connectivity index (χ1v) is 4.26. The second kappa shape index (κ2) is 12.4. The van der Waals surface area contributed by atoms with Crippen LogP contribution in [-0.2, 0) is 0 Å². The molecule has 0 unspecified atom stereocenters. The van der Waals surface area contributed by atoms with E-state index in [1.165, 1.54) is 18.2 Å². The molecule has 0 heterocycles. The van der Waals surface area contributed by atoms with Crippen LogP contribution in [0, 0.1) is 51.2 Å². The van der Waals surface area contributed by atoms with Crippen LogP contribution < -0.4 is 5.32 Å². The van der Waals surface area contributed by atoms with Crippen LogP contribution in [0.5, 0.6) is 0 Å². The highest BCUT2D eigenvalue weighted by molar-refractivity contribution is 5.38. The van der Waals surface area contributed by atoms with Gasteiger partial charge in [0.2, 0.25) is 0 Å². The lowest BCUT2D eigenvalue weighted by molar-refractivity contribution is 1.02. The monoisotopic (exact) mass is 213 g/mol. The Morgan fingerprint density at radius 2 is 1.50 bits per heavy atom. The number of allylic oxidation sites excluding steroid dienone is 4. The van der Waals surface area contributed by atoms with E-state index in [0.29, 0.717) is 0 Å². The molecule has 0 aromatic heterocycles. The number of rotatable bonds is 2. The van der Waals surface area contributed by atoms with Gasteiger partial charge in [-0.1, -0.05) is 12.2 Å². The zero-order valence-corrected chi connectivity index (χ0v) is 9.10. The maximum atomic E-state index is 8.33. The Labute approximate surface area is 95.1 Å². The third kappa shape index (κ3) is 9.49. The normalized spacial score (nSPS) is 7.69. The van der Waals surface area contributed by atoms with Crippen LogP contribution in [0.2, 0.25) is 0 Å². The Morgan fingerprint density at radius 3 is 1.81 bits per heavy atom. The first-order chi connectivity index (χ1) is 7.69. The summed E-state index contributed by atoms with van der Waals surface area (Å²) in [4.78, 5) is 0. The summed E-state index contributed by atoms with van der Waals surface area (Å²) in [6, 6.07) is 6.73. The van der Waals surface area contributed by atoms with Crippen molar-refractivity contribution < 1.29 is 0 Å². The van der Waals surface area contributed by atoms with Gasteiger partial charge in [-0.05, 0) is 20.2 Å². The standard InChI is InChI=1S/C9H4N4.C2H7N/c10-4-8(5-11)2-1-3-9(6-12)7-13;1-3-2/h1-3,8H;3H,1-2H3/b2-1+;. The van der Waals surface area contributed by atoms with Crippen molar-refractivity contribution in [2.45, 2.75) is 0 Å². The third-order valence-corrected chi connectivity index (χ3v) is 1.09. The van der Waals surface area contributed by atoms with Crippen molar-refractivity contribution in [3.05, 3.63) is 23.8 Å². The molecule has 0 radical (unpaired) electrons. The smallest absolute Gasteiger partial charge is 0.151 e. The molecule has 0 atom stereocenters. The van der Waals surface area contributed by atoms with Crippen LogP contribution in [0.15, 0.2) is 23.8 Å². The zero-order chi connectivity index (χ0) is 12.8. The molecule has 0 saturated heterocycles. The molecule has 5 nitrogen and oxygen atoms in total. The molecule has 0 aliphatic rings. The predicted molar refractivity (Wildman–Crippen MR) is 58.1 cm³/mol. The number of hydrogen-bond acceptors (Lipinski definition) is 5. The van der Waals surface area contributed by atoms with E-state index in [1.54, 1.807) is 24.3 Å². The summed E-state index contributed by atoms with van der Waals surface area (Å²) >= 11 is 0. The van der Waals surface area contributed by atoms with E-state index < -0.39 is 5.92 Å². The fourth-order valence-electron chi connectivity index (χ4n) is 0.477. The summed E-state index contributed by atoms with van der Waals surface area (Å²) in [5, 5.41) is 36.0. The maximum Gasteiger partial charge on any atom is 0.151 e. The topological polar surface area (TPSA) is 107 Å². The summed E-state index contributed by atoms with van der Waals surface area (Å²) in [6.45, 7) is 0. The minimum atomic E-state index is -0.838. The molecule has 0 aromatic rings. The lowest BCUT2D eigenvalue weighted by Gasteiger charge is -1.83. The average Bonchev–Trinajstić information content (AvgIpc) is 2.31. The van der Waals surface area contributed by atoms with Crippen molar-refractivity contribution in [1.29, 1.82) is 21.0 Å². The molecule has 5 heteroatoms. The van der Waals surface area contributed by atoms with E-state index in [1.807, 2.05) is 14.1 Å². The molecule has 16 heavy (non-hydrogen) atoms. The second-order valence-electron chi connectivity index (χ2n) is 2.42. The molecule has 0 aromatic carbocycles. The van der Waals surface area contributed by atoms with Gasteiger partial charge in [-0.25, -0.2) is 0 Å². The summed E-state index contributed by atoms with van der Waals surface area (Å²) in [7, 11) is 3.75. The van der Waals surface area contributed by atoms with E-state index in [-0.39, 0.29) is 5.57 Å². The van der Waals surface area contributed by atoms with Crippen LogP contribution in [0.25, 0.3) is 0 Å². The van der Waals surface area contributed by atoms with E-state index in [9.17, 15) is 0 Å². The molecular formula is C11H11N5. The Morgan fingerprint density at radius 1 is 1.06 bits per heavy atom. The highest BCUT2D eigenvalue weighted by Crippen LogP contribution is 1.96. The van der Waals surface area contributed by atoms with Crippen LogP contribution in [-0.4, -0.2) is 14.1 Å². The van der Waals surface area contributed by atoms with Crippen molar-refractivity contribution in [3.8, 4) is 24.3 Å². The molecule has 0 aliphatic heterocycles. The van der Waals surface area contributed by atoms with Crippen molar-refractivity contribution in [2.75, 3.05) is 14.1 Å². The summed E-state index contributed by atoms with van der Waals surface area (Å²) in [5.74, 6) is -0.838. The van der Waals surface area contributed by atoms with Gasteiger partial charge in [-0.15, -0.1) is 0 Å². The zero-order valence-electron chi connectivity index (χ0n) is 9.10. The van der Waals surface area contributed by atoms with Gasteiger partial charge < -0.3 is 5.32 Å². The number of nitriles is 4. The first-order valence-electron chi connectivity index (χ1n) is 4.26. The molecule has 1 N–H and O–H groups in total. The number of nitrogens with one attached hydrogen (secondary N) is 1. The van der Waals surface area contributed by atoms with Crippen LogP contribution in [0.3, 0.4) is 0 Å². The van der Waals surface area contributed by atoms with Gasteiger partial charge in [0.15, 0.2) is 5.92 Å². The van der Waals surface area contributed by atoms with Gasteiger partial charge in [-0.2, -0.15) is 21.0 Å². The molecular weight excluding hydrogens is 202 g/mol.